The van der Waals surface area contributed by atoms with Gasteiger partial charge in [0.05, 0.1) is 18.4 Å². The van der Waals surface area contributed by atoms with Crippen molar-refractivity contribution in [2.45, 2.75) is 123 Å². The van der Waals surface area contributed by atoms with Crippen LogP contribution in [0, 0.1) is 40.4 Å². The van der Waals surface area contributed by atoms with E-state index in [4.69, 9.17) is 9.84 Å². The Bertz CT molecular complexity index is 840. The Hall–Kier alpha value is -1.36. The summed E-state index contributed by atoms with van der Waals surface area (Å²) in [5, 5.41) is 19.1. The number of hydrogen-bond donors (Lipinski definition) is 2. The third-order valence-electron chi connectivity index (χ3n) is 10.9. The van der Waals surface area contributed by atoms with Crippen LogP contribution in [0.25, 0.3) is 0 Å². The van der Waals surface area contributed by atoms with Crippen molar-refractivity contribution in [3.05, 3.63) is 11.6 Å². The molecule has 0 radical (unpaired) electrons. The Morgan fingerprint density at radius 2 is 1.86 bits per heavy atom. The predicted octanol–water partition coefficient (Wildman–Crippen LogP) is 6.53. The fraction of sp³-hybridized carbons (Fsp3) is 0.867. The van der Waals surface area contributed by atoms with Crippen molar-refractivity contribution in [1.29, 1.82) is 0 Å². The Kier molecular flexibility index (Phi) is 7.50. The zero-order valence-corrected chi connectivity index (χ0v) is 22.6. The fourth-order valence-corrected chi connectivity index (χ4v) is 8.94. The molecule has 4 aliphatic rings. The number of carboxylic acid groups (broad SMARTS) is 1. The molecule has 0 heterocycles. The standard InChI is InChI=1S/C30H48O5/c1-19(12-15-28(2,3)34)23-8-9-24-22-7-6-20-18-21(35-27(33)11-10-26(31)32)13-16-29(20,4)25(22)14-17-30(23,24)5/h6,19,21-25,34H,7-18H2,1-5H3,(H,31,32)/t19-,21+,22?,23-,24+,25?,29+,30-/m1/s1. The molecule has 0 aromatic heterocycles. The molecule has 5 nitrogen and oxygen atoms in total. The molecule has 8 atom stereocenters. The van der Waals surface area contributed by atoms with Crippen LogP contribution in [0.1, 0.15) is 112 Å². The maximum atomic E-state index is 12.1. The number of esters is 1. The number of aliphatic carboxylic acids is 1. The first-order chi connectivity index (χ1) is 16.3. The highest BCUT2D eigenvalue weighted by atomic mass is 16.5. The molecule has 35 heavy (non-hydrogen) atoms. The fourth-order valence-electron chi connectivity index (χ4n) is 8.94. The van der Waals surface area contributed by atoms with Gasteiger partial charge in [-0.25, -0.2) is 0 Å². The van der Waals surface area contributed by atoms with Gasteiger partial charge in [-0.2, -0.15) is 0 Å². The molecular weight excluding hydrogens is 440 g/mol. The Balaban J connectivity index is 1.42. The van der Waals surface area contributed by atoms with Crippen LogP contribution in [-0.2, 0) is 14.3 Å². The molecule has 0 aliphatic heterocycles. The van der Waals surface area contributed by atoms with Crippen LogP contribution >= 0.6 is 0 Å². The van der Waals surface area contributed by atoms with Gasteiger partial charge in [0.1, 0.15) is 6.10 Å². The molecule has 0 amide bonds. The minimum absolute atomic E-state index is 0.0392. The summed E-state index contributed by atoms with van der Waals surface area (Å²) in [6.45, 7) is 11.3. The van der Waals surface area contributed by atoms with Crippen LogP contribution in [0.5, 0.6) is 0 Å². The molecular formula is C30H48O5. The zero-order chi connectivity index (χ0) is 25.6. The second-order valence-corrected chi connectivity index (χ2v) is 13.6. The van der Waals surface area contributed by atoms with E-state index in [9.17, 15) is 14.7 Å². The number of carbonyl (C=O) groups is 2. The van der Waals surface area contributed by atoms with Gasteiger partial charge in [0.2, 0.25) is 0 Å². The van der Waals surface area contributed by atoms with Crippen LogP contribution in [0.2, 0.25) is 0 Å². The molecule has 0 spiro atoms. The number of fused-ring (bicyclic) bond motifs is 5. The summed E-state index contributed by atoms with van der Waals surface area (Å²) >= 11 is 0. The summed E-state index contributed by atoms with van der Waals surface area (Å²) in [6, 6.07) is 0. The summed E-state index contributed by atoms with van der Waals surface area (Å²) in [4.78, 5) is 22.9. The van der Waals surface area contributed by atoms with Gasteiger partial charge in [-0.15, -0.1) is 0 Å². The lowest BCUT2D eigenvalue weighted by atomic mass is 9.47. The van der Waals surface area contributed by atoms with Gasteiger partial charge >= 0.3 is 11.9 Å². The summed E-state index contributed by atoms with van der Waals surface area (Å²) < 4.78 is 5.68. The summed E-state index contributed by atoms with van der Waals surface area (Å²) in [7, 11) is 0. The smallest absolute Gasteiger partial charge is 0.306 e. The largest absolute Gasteiger partial charge is 0.481 e. The van der Waals surface area contributed by atoms with Crippen molar-refractivity contribution in [2.24, 2.45) is 40.4 Å². The van der Waals surface area contributed by atoms with Gasteiger partial charge in [0.15, 0.2) is 0 Å². The normalized spacial score (nSPS) is 39.6. The van der Waals surface area contributed by atoms with Crippen molar-refractivity contribution in [1.82, 2.24) is 0 Å². The van der Waals surface area contributed by atoms with E-state index in [-0.39, 0.29) is 30.3 Å². The van der Waals surface area contributed by atoms with E-state index < -0.39 is 11.6 Å². The van der Waals surface area contributed by atoms with Crippen molar-refractivity contribution >= 4 is 11.9 Å². The van der Waals surface area contributed by atoms with Gasteiger partial charge in [0, 0.05) is 6.42 Å². The van der Waals surface area contributed by atoms with Crippen molar-refractivity contribution < 1.29 is 24.5 Å². The van der Waals surface area contributed by atoms with E-state index in [1.54, 1.807) is 0 Å². The second kappa shape index (κ2) is 9.84. The molecule has 2 unspecified atom stereocenters. The number of allylic oxidation sites excluding steroid dienone is 1. The average Bonchev–Trinajstić information content (AvgIpc) is 3.13. The predicted molar refractivity (Wildman–Crippen MR) is 137 cm³/mol. The molecule has 0 bridgehead atoms. The number of rotatable bonds is 8. The van der Waals surface area contributed by atoms with Crippen molar-refractivity contribution in [3.63, 3.8) is 0 Å². The topological polar surface area (TPSA) is 83.8 Å². The number of carbonyl (C=O) groups excluding carboxylic acids is 1. The van der Waals surface area contributed by atoms with Crippen LogP contribution in [0.3, 0.4) is 0 Å². The third kappa shape index (κ3) is 5.36. The molecule has 4 aliphatic carbocycles. The molecule has 3 saturated carbocycles. The van der Waals surface area contributed by atoms with Gasteiger partial charge in [-0.05, 0) is 112 Å². The first-order valence-electron chi connectivity index (χ1n) is 14.2. The lowest BCUT2D eigenvalue weighted by Crippen LogP contribution is -2.51. The third-order valence-corrected chi connectivity index (χ3v) is 10.9. The molecule has 5 heteroatoms. The molecule has 198 valence electrons. The molecule has 0 saturated heterocycles. The SMILES string of the molecule is C[C@H](CCC(C)(C)O)[C@H]1CC[C@H]2C3CC=C4C[C@@H](OC(=O)CCC(=O)O)CC[C@]4(C)C3CC[C@]12C. The monoisotopic (exact) mass is 488 g/mol. The van der Waals surface area contributed by atoms with E-state index >= 15 is 0 Å². The van der Waals surface area contributed by atoms with Gasteiger partial charge < -0.3 is 14.9 Å². The summed E-state index contributed by atoms with van der Waals surface area (Å²) in [6.07, 6.45) is 13.4. The van der Waals surface area contributed by atoms with Crippen LogP contribution in [0.15, 0.2) is 11.6 Å². The van der Waals surface area contributed by atoms with Gasteiger partial charge in [0.25, 0.3) is 0 Å². The first-order valence-corrected chi connectivity index (χ1v) is 14.2. The highest BCUT2D eigenvalue weighted by Gasteiger charge is 2.59. The number of hydrogen-bond acceptors (Lipinski definition) is 4. The minimum atomic E-state index is -0.954. The maximum absolute atomic E-state index is 12.1. The number of aliphatic hydroxyl groups is 1. The molecule has 3 fully saturated rings. The highest BCUT2D eigenvalue weighted by molar-refractivity contribution is 5.76. The van der Waals surface area contributed by atoms with Crippen molar-refractivity contribution in [2.75, 3.05) is 0 Å². The van der Waals surface area contributed by atoms with E-state index in [0.29, 0.717) is 11.3 Å². The first kappa shape index (κ1) is 26.7. The molecule has 4 rings (SSSR count). The Labute approximate surface area is 212 Å². The van der Waals surface area contributed by atoms with Crippen LogP contribution in [-0.4, -0.2) is 33.9 Å². The van der Waals surface area contributed by atoms with E-state index in [2.05, 4.69) is 26.8 Å². The lowest BCUT2D eigenvalue weighted by Gasteiger charge is -2.58. The van der Waals surface area contributed by atoms with Gasteiger partial charge in [-0.3, -0.25) is 9.59 Å². The van der Waals surface area contributed by atoms with Gasteiger partial charge in [-0.1, -0.05) is 32.4 Å². The van der Waals surface area contributed by atoms with E-state index in [1.165, 1.54) is 31.3 Å². The Morgan fingerprint density at radius 1 is 1.11 bits per heavy atom. The van der Waals surface area contributed by atoms with E-state index in [0.717, 1.165) is 62.2 Å². The Morgan fingerprint density at radius 3 is 2.54 bits per heavy atom. The molecule has 0 aromatic carbocycles. The van der Waals surface area contributed by atoms with E-state index in [1.807, 2.05) is 13.8 Å². The summed E-state index contributed by atoms with van der Waals surface area (Å²) in [5.41, 5.74) is 1.53. The quantitative estimate of drug-likeness (QED) is 0.300. The van der Waals surface area contributed by atoms with Crippen LogP contribution < -0.4 is 0 Å². The van der Waals surface area contributed by atoms with Crippen molar-refractivity contribution in [3.8, 4) is 0 Å². The lowest BCUT2D eigenvalue weighted by molar-refractivity contribution is -0.154. The summed E-state index contributed by atoms with van der Waals surface area (Å²) in [5.74, 6) is 2.35. The van der Waals surface area contributed by atoms with Crippen LogP contribution in [0.4, 0.5) is 0 Å². The maximum Gasteiger partial charge on any atom is 0.306 e. The molecule has 0 aromatic rings. The average molecular weight is 489 g/mol. The zero-order valence-electron chi connectivity index (χ0n) is 22.6. The minimum Gasteiger partial charge on any atom is -0.481 e. The number of carboxylic acids is 1. The highest BCUT2D eigenvalue weighted by Crippen LogP contribution is 2.67. The molecule has 2 N–H and O–H groups in total. The number of ether oxygens (including phenoxy) is 1. The second-order valence-electron chi connectivity index (χ2n) is 13.6.